The highest BCUT2D eigenvalue weighted by Crippen LogP contribution is 1.94. The highest BCUT2D eigenvalue weighted by Gasteiger charge is 1.87. The van der Waals surface area contributed by atoms with Crippen molar-refractivity contribution in [1.82, 2.24) is 10.4 Å². The molecule has 3 nitrogen and oxygen atoms in total. The van der Waals surface area contributed by atoms with Gasteiger partial charge in [-0.25, -0.2) is 0 Å². The summed E-state index contributed by atoms with van der Waals surface area (Å²) in [6.45, 7) is 0.797. The number of halogens is 1. The lowest BCUT2D eigenvalue weighted by atomic mass is 10.2. The molecule has 0 aliphatic carbocycles. The van der Waals surface area contributed by atoms with Crippen molar-refractivity contribution in [2.45, 2.75) is 6.42 Å². The molecule has 0 radical (unpaired) electrons. The van der Waals surface area contributed by atoms with E-state index in [4.69, 9.17) is 5.84 Å². The second-order valence-corrected chi connectivity index (χ2v) is 2.07. The van der Waals surface area contributed by atoms with E-state index < -0.39 is 0 Å². The molecule has 3 N–H and O–H groups in total. The van der Waals surface area contributed by atoms with Crippen molar-refractivity contribution in [3.8, 4) is 0 Å². The maximum atomic E-state index is 5.11. The Balaban J connectivity index is 0.000001000. The molecule has 0 fully saturated rings. The van der Waals surface area contributed by atoms with Gasteiger partial charge in [0.05, 0.1) is 0 Å². The van der Waals surface area contributed by atoms with Crippen LogP contribution in [0.3, 0.4) is 0 Å². The largest absolute Gasteiger partial charge is 0.271 e. The van der Waals surface area contributed by atoms with Crippen molar-refractivity contribution < 1.29 is 0 Å². The fourth-order valence-electron chi connectivity index (χ4n) is 0.763. The number of rotatable bonds is 3. The lowest BCUT2D eigenvalue weighted by Crippen LogP contribution is -2.24. The minimum absolute atomic E-state index is 0. The lowest BCUT2D eigenvalue weighted by Gasteiger charge is -1.97. The van der Waals surface area contributed by atoms with Crippen molar-refractivity contribution in [1.29, 1.82) is 0 Å². The summed E-state index contributed by atoms with van der Waals surface area (Å²) in [5, 5.41) is 0. The van der Waals surface area contributed by atoms with Gasteiger partial charge in [-0.15, -0.1) is 12.4 Å². The van der Waals surface area contributed by atoms with Gasteiger partial charge in [0.15, 0.2) is 0 Å². The summed E-state index contributed by atoms with van der Waals surface area (Å²) in [7, 11) is 0. The SMILES string of the molecule is Cl.NNCCc1cccnc1. The molecule has 1 aromatic heterocycles. The summed E-state index contributed by atoms with van der Waals surface area (Å²) in [6.07, 6.45) is 4.54. The first-order valence-electron chi connectivity index (χ1n) is 3.26. The van der Waals surface area contributed by atoms with Crippen LogP contribution in [0.5, 0.6) is 0 Å². The molecule has 0 aliphatic rings. The van der Waals surface area contributed by atoms with Gasteiger partial charge in [-0.2, -0.15) is 0 Å². The van der Waals surface area contributed by atoms with E-state index in [1.807, 2.05) is 18.3 Å². The van der Waals surface area contributed by atoms with E-state index in [1.54, 1.807) is 6.20 Å². The molecule has 0 amide bonds. The van der Waals surface area contributed by atoms with E-state index in [0.29, 0.717) is 0 Å². The van der Waals surface area contributed by atoms with Gasteiger partial charge < -0.3 is 0 Å². The Morgan fingerprint density at radius 1 is 1.55 bits per heavy atom. The average Bonchev–Trinajstić information content (AvgIpc) is 2.03. The predicted molar refractivity (Wildman–Crippen MR) is 47.4 cm³/mol. The zero-order valence-electron chi connectivity index (χ0n) is 6.16. The Morgan fingerprint density at radius 3 is 2.91 bits per heavy atom. The third-order valence-corrected chi connectivity index (χ3v) is 1.28. The van der Waals surface area contributed by atoms with Crippen LogP contribution in [0, 0.1) is 0 Å². The smallest absolute Gasteiger partial charge is 0.0300 e. The third kappa shape index (κ3) is 3.93. The van der Waals surface area contributed by atoms with E-state index in [0.717, 1.165) is 13.0 Å². The molecule has 0 unspecified atom stereocenters. The summed E-state index contributed by atoms with van der Waals surface area (Å²) < 4.78 is 0. The van der Waals surface area contributed by atoms with Crippen LogP contribution < -0.4 is 11.3 Å². The zero-order chi connectivity index (χ0) is 7.23. The number of hydrazine groups is 1. The van der Waals surface area contributed by atoms with Crippen molar-refractivity contribution in [2.75, 3.05) is 6.54 Å². The van der Waals surface area contributed by atoms with E-state index in [9.17, 15) is 0 Å². The molecular weight excluding hydrogens is 162 g/mol. The van der Waals surface area contributed by atoms with Crippen LogP contribution in [0.25, 0.3) is 0 Å². The van der Waals surface area contributed by atoms with Crippen LogP contribution in [-0.4, -0.2) is 11.5 Å². The van der Waals surface area contributed by atoms with Crippen molar-refractivity contribution in [3.05, 3.63) is 30.1 Å². The predicted octanol–water partition coefficient (Wildman–Crippen LogP) is 0.509. The Morgan fingerprint density at radius 2 is 2.36 bits per heavy atom. The minimum atomic E-state index is 0. The van der Waals surface area contributed by atoms with Crippen molar-refractivity contribution in [3.63, 3.8) is 0 Å². The summed E-state index contributed by atoms with van der Waals surface area (Å²) >= 11 is 0. The highest BCUT2D eigenvalue weighted by atomic mass is 35.5. The number of hydrogen-bond donors (Lipinski definition) is 2. The van der Waals surface area contributed by atoms with Gasteiger partial charge >= 0.3 is 0 Å². The highest BCUT2D eigenvalue weighted by molar-refractivity contribution is 5.85. The second kappa shape index (κ2) is 6.09. The van der Waals surface area contributed by atoms with Crippen LogP contribution in [0.2, 0.25) is 0 Å². The Labute approximate surface area is 72.4 Å². The molecule has 4 heteroatoms. The number of aromatic nitrogens is 1. The van der Waals surface area contributed by atoms with Crippen molar-refractivity contribution in [2.24, 2.45) is 5.84 Å². The van der Waals surface area contributed by atoms with Gasteiger partial charge in [0.2, 0.25) is 0 Å². The fraction of sp³-hybridized carbons (Fsp3) is 0.286. The van der Waals surface area contributed by atoms with Gasteiger partial charge in [-0.05, 0) is 18.1 Å². The van der Waals surface area contributed by atoms with Gasteiger partial charge in [0.1, 0.15) is 0 Å². The Hall–Kier alpha value is -0.640. The molecule has 0 aliphatic heterocycles. The monoisotopic (exact) mass is 173 g/mol. The number of nitrogens with zero attached hydrogens (tertiary/aromatic N) is 1. The van der Waals surface area contributed by atoms with Crippen LogP contribution in [0.4, 0.5) is 0 Å². The Kier molecular flexibility index (Phi) is 5.74. The summed E-state index contributed by atoms with van der Waals surface area (Å²) in [5.74, 6) is 5.11. The molecule has 62 valence electrons. The van der Waals surface area contributed by atoms with Crippen molar-refractivity contribution >= 4 is 12.4 Å². The van der Waals surface area contributed by atoms with Gasteiger partial charge in [-0.3, -0.25) is 16.3 Å². The zero-order valence-corrected chi connectivity index (χ0v) is 6.97. The molecular formula is C7H12ClN3. The third-order valence-electron chi connectivity index (χ3n) is 1.28. The fourth-order valence-corrected chi connectivity index (χ4v) is 0.763. The molecule has 0 saturated heterocycles. The number of nitrogens with one attached hydrogen (secondary N) is 1. The maximum Gasteiger partial charge on any atom is 0.0300 e. The number of pyridine rings is 1. The topological polar surface area (TPSA) is 50.9 Å². The van der Waals surface area contributed by atoms with E-state index >= 15 is 0 Å². The second-order valence-electron chi connectivity index (χ2n) is 2.07. The molecule has 0 aromatic carbocycles. The van der Waals surface area contributed by atoms with E-state index in [1.165, 1.54) is 5.56 Å². The van der Waals surface area contributed by atoms with Crippen LogP contribution >= 0.6 is 12.4 Å². The quantitative estimate of drug-likeness (QED) is 0.518. The molecule has 0 atom stereocenters. The molecule has 11 heavy (non-hydrogen) atoms. The normalized spacial score (nSPS) is 8.82. The first-order chi connectivity index (χ1) is 4.93. The van der Waals surface area contributed by atoms with Crippen LogP contribution in [-0.2, 0) is 6.42 Å². The summed E-state index contributed by atoms with van der Waals surface area (Å²) in [6, 6.07) is 3.95. The van der Waals surface area contributed by atoms with Crippen LogP contribution in [0.15, 0.2) is 24.5 Å². The van der Waals surface area contributed by atoms with Gasteiger partial charge in [-0.1, -0.05) is 6.07 Å². The molecule has 0 bridgehead atoms. The average molecular weight is 174 g/mol. The summed E-state index contributed by atoms with van der Waals surface area (Å²) in [4.78, 5) is 3.97. The lowest BCUT2D eigenvalue weighted by molar-refractivity contribution is 0.727. The molecule has 0 saturated carbocycles. The number of nitrogens with two attached hydrogens (primary N) is 1. The standard InChI is InChI=1S/C7H11N3.ClH/c8-10-5-3-7-2-1-4-9-6-7;/h1-2,4,6,10H,3,5,8H2;1H. The first kappa shape index (κ1) is 10.4. The van der Waals surface area contributed by atoms with Gasteiger partial charge in [0, 0.05) is 18.9 Å². The van der Waals surface area contributed by atoms with Crippen LogP contribution in [0.1, 0.15) is 5.56 Å². The van der Waals surface area contributed by atoms with E-state index in [2.05, 4.69) is 10.4 Å². The Bertz CT molecular complexity index is 178. The molecule has 0 spiro atoms. The number of hydrogen-bond acceptors (Lipinski definition) is 3. The molecule has 1 aromatic rings. The maximum absolute atomic E-state index is 5.11. The van der Waals surface area contributed by atoms with Gasteiger partial charge in [0.25, 0.3) is 0 Å². The summed E-state index contributed by atoms with van der Waals surface area (Å²) in [5.41, 5.74) is 3.80. The molecule has 1 rings (SSSR count). The minimum Gasteiger partial charge on any atom is -0.271 e. The van der Waals surface area contributed by atoms with E-state index in [-0.39, 0.29) is 12.4 Å². The first-order valence-corrected chi connectivity index (χ1v) is 3.26. The molecule has 1 heterocycles.